The fourth-order valence-corrected chi connectivity index (χ4v) is 12.3. The van der Waals surface area contributed by atoms with E-state index in [4.69, 9.17) is 66.3 Å². The summed E-state index contributed by atoms with van der Waals surface area (Å²) in [6.07, 6.45) is -48.0. The minimum Gasteiger partial charge on any atom is -0.484 e. The fourth-order valence-electron chi connectivity index (χ4n) is 12.3. The van der Waals surface area contributed by atoms with Crippen molar-refractivity contribution < 1.29 is 177 Å². The summed E-state index contributed by atoms with van der Waals surface area (Å²) in [7, 11) is 0. The molecule has 40 nitrogen and oxygen atoms in total. The van der Waals surface area contributed by atoms with Gasteiger partial charge >= 0.3 is 0 Å². The maximum atomic E-state index is 12.9. The summed E-state index contributed by atoms with van der Waals surface area (Å²) in [5.41, 5.74) is 2.25. The standard InChI is InChI=1S/C63H96N4O36/c1-25-14-29(16-31(15-25)93-24-39(77)65-11-5-13-91-59-41(67-27(3)75)47(83)55(37(22-73)99-59)101-63-53(89)57(45(81)35(20-71)97-63)103-61-51(87)49(85)43(79)33(18-69)95-61)28-6-8-30(9-7-28)92-23-38(76)64-10-4-12-90-58-40(66-26(2)74)46(82)54(36(21-72)98-58)100-62-52(88)56(44(80)34(19-70)96-62)102-60-50(86)48(84)42(78)32(17-68)94-60/h6-9,14-16,32-37,40-63,68-73,78-89H,4-5,10-13,17-24H2,1-3H3,(H,64,76)(H,65,77)(H,66,74)(H,67,75)/t32?,33?,34?,35?,36?,37?,40?,41?,42-,43-,44-,45-,46?,47?,48?,49?,50?,51?,52?,53?,54+,55+,56?,57?,58+,59+,60+,61+,62-,63-/m0/s1. The van der Waals surface area contributed by atoms with Gasteiger partial charge in [0.05, 0.1) is 52.9 Å². The highest BCUT2D eigenvalue weighted by molar-refractivity contribution is 5.78. The molecule has 6 aliphatic rings. The molecular weight excluding hydrogens is 1390 g/mol. The lowest BCUT2D eigenvalue weighted by Crippen LogP contribution is -2.68. The number of ether oxygens (including phenoxy) is 14. The molecule has 0 saturated carbocycles. The molecule has 40 heteroatoms. The molecular formula is C63H96N4O36. The molecule has 584 valence electrons. The SMILES string of the molecule is CC(=O)NC1C(O)[C@H](O[C@@H]2OC(CO)[C@H](O)C(O[C@H]3OC(CO)[C@H](O)C(O)C3O)C2O)C(CO)O[C@H]1OCCCNC(=O)COc1ccc(-c2cc(C)cc(OCC(=O)NCCCO[C@@H]3OC(CO)[C@@H](O[C@@H]4OC(CO)[C@H](O)C(O[C@H]5OC(CO)[C@H](O)C(O)C5O)C4O)C(O)C3NC(C)=O)c2)cc1. The number of carbonyl (C=O) groups is 4. The minimum atomic E-state index is -2.01. The molecule has 30 atom stereocenters. The van der Waals surface area contributed by atoms with Gasteiger partial charge in [-0.15, -0.1) is 0 Å². The van der Waals surface area contributed by atoms with Gasteiger partial charge in [-0.3, -0.25) is 19.2 Å². The Kier molecular flexibility index (Phi) is 31.6. The number of benzene rings is 2. The van der Waals surface area contributed by atoms with Crippen LogP contribution < -0.4 is 30.7 Å². The van der Waals surface area contributed by atoms with E-state index in [1.165, 1.54) is 0 Å². The molecule has 8 rings (SSSR count). The Labute approximate surface area is 588 Å². The summed E-state index contributed by atoms with van der Waals surface area (Å²) >= 11 is 0. The fraction of sp³-hybridized carbons (Fsp3) is 0.746. The Bertz CT molecular complexity index is 2970. The van der Waals surface area contributed by atoms with Crippen LogP contribution in [0.15, 0.2) is 42.5 Å². The van der Waals surface area contributed by atoms with E-state index in [-0.39, 0.29) is 52.4 Å². The Balaban J connectivity index is 0.744. The van der Waals surface area contributed by atoms with Gasteiger partial charge in [0.25, 0.3) is 11.8 Å². The van der Waals surface area contributed by atoms with Gasteiger partial charge in [-0.05, 0) is 60.7 Å². The van der Waals surface area contributed by atoms with Crippen molar-refractivity contribution in [3.05, 3.63) is 48.0 Å². The normalized spacial score (nSPS) is 38.5. The number of hydrogen-bond acceptors (Lipinski definition) is 36. The first-order chi connectivity index (χ1) is 49.1. The number of hydrogen-bond donors (Lipinski definition) is 22. The second-order valence-corrected chi connectivity index (χ2v) is 25.4. The van der Waals surface area contributed by atoms with E-state index in [0.29, 0.717) is 11.5 Å². The van der Waals surface area contributed by atoms with Crippen molar-refractivity contribution in [3.8, 4) is 22.6 Å². The van der Waals surface area contributed by atoms with Gasteiger partial charge in [0.15, 0.2) is 51.0 Å². The average molecular weight is 1490 g/mol. The molecule has 0 aromatic heterocycles. The molecule has 22 N–H and O–H groups in total. The van der Waals surface area contributed by atoms with Crippen molar-refractivity contribution in [2.45, 2.75) is 218 Å². The van der Waals surface area contributed by atoms with Crippen LogP contribution in [0.5, 0.6) is 11.5 Å². The molecule has 0 radical (unpaired) electrons. The van der Waals surface area contributed by atoms with Crippen molar-refractivity contribution in [1.82, 2.24) is 21.3 Å². The van der Waals surface area contributed by atoms with Crippen LogP contribution in [0.4, 0.5) is 0 Å². The summed E-state index contributed by atoms with van der Waals surface area (Å²) in [6, 6.07) is 9.33. The van der Waals surface area contributed by atoms with Crippen LogP contribution in [-0.4, -0.2) is 379 Å². The highest BCUT2D eigenvalue weighted by Crippen LogP contribution is 2.36. The van der Waals surface area contributed by atoms with Crippen molar-refractivity contribution in [2.75, 3.05) is 79.2 Å². The smallest absolute Gasteiger partial charge is 0.257 e. The lowest BCUT2D eigenvalue weighted by molar-refractivity contribution is -0.376. The monoisotopic (exact) mass is 1480 g/mol. The number of rotatable bonds is 33. The zero-order chi connectivity index (χ0) is 75.1. The quantitative estimate of drug-likeness (QED) is 0.0295. The number of nitrogens with one attached hydrogen (secondary N) is 4. The van der Waals surface area contributed by atoms with Crippen LogP contribution in [0.3, 0.4) is 0 Å². The van der Waals surface area contributed by atoms with Crippen LogP contribution in [0.2, 0.25) is 0 Å². The first kappa shape index (κ1) is 83.4. The van der Waals surface area contributed by atoms with Gasteiger partial charge in [0, 0.05) is 26.9 Å². The van der Waals surface area contributed by atoms with Gasteiger partial charge < -0.3 is 180 Å². The van der Waals surface area contributed by atoms with Crippen LogP contribution in [0.1, 0.15) is 32.3 Å². The summed E-state index contributed by atoms with van der Waals surface area (Å²) in [6.45, 7) is -1.86. The molecule has 2 aromatic carbocycles. The second kappa shape index (κ2) is 39.0. The van der Waals surface area contributed by atoms with E-state index in [2.05, 4.69) is 21.3 Å². The summed E-state index contributed by atoms with van der Waals surface area (Å²) in [5.74, 6) is -1.58. The van der Waals surface area contributed by atoms with E-state index in [9.17, 15) is 111 Å². The molecule has 6 heterocycles. The number of carbonyl (C=O) groups excluding carboxylic acids is 4. The van der Waals surface area contributed by atoms with Gasteiger partial charge in [-0.2, -0.15) is 0 Å². The first-order valence-electron chi connectivity index (χ1n) is 33.3. The van der Waals surface area contributed by atoms with Gasteiger partial charge in [0.1, 0.15) is 158 Å². The summed E-state index contributed by atoms with van der Waals surface area (Å²) in [5, 5.41) is 200. The largest absolute Gasteiger partial charge is 0.484 e. The Morgan fingerprint density at radius 2 is 0.728 bits per heavy atom. The Morgan fingerprint density at radius 1 is 0.379 bits per heavy atom. The molecule has 18 unspecified atom stereocenters. The summed E-state index contributed by atoms with van der Waals surface area (Å²) in [4.78, 5) is 50.5. The van der Waals surface area contributed by atoms with Crippen LogP contribution in [0.25, 0.3) is 11.1 Å². The summed E-state index contributed by atoms with van der Waals surface area (Å²) < 4.78 is 80.0. The molecule has 4 amide bonds. The van der Waals surface area contributed by atoms with E-state index in [1.54, 1.807) is 36.4 Å². The molecule has 0 aliphatic carbocycles. The van der Waals surface area contributed by atoms with Crippen molar-refractivity contribution in [1.29, 1.82) is 0 Å². The van der Waals surface area contributed by atoms with Gasteiger partial charge in [0.2, 0.25) is 11.8 Å². The van der Waals surface area contributed by atoms with Crippen LogP contribution in [-0.2, 0) is 76.0 Å². The molecule has 6 fully saturated rings. The predicted octanol–water partition coefficient (Wildman–Crippen LogP) is -11.4. The average Bonchev–Trinajstić information content (AvgIpc) is 0.779. The number of aryl methyl sites for hydroxylation is 1. The first-order valence-corrected chi connectivity index (χ1v) is 33.3. The van der Waals surface area contributed by atoms with Crippen molar-refractivity contribution in [3.63, 3.8) is 0 Å². The van der Waals surface area contributed by atoms with Gasteiger partial charge in [-0.1, -0.05) is 18.2 Å². The highest BCUT2D eigenvalue weighted by atomic mass is 16.8. The third kappa shape index (κ3) is 21.1. The molecule has 6 aliphatic heterocycles. The third-order valence-corrected chi connectivity index (χ3v) is 17.8. The molecule has 0 spiro atoms. The maximum Gasteiger partial charge on any atom is 0.257 e. The highest BCUT2D eigenvalue weighted by Gasteiger charge is 2.57. The zero-order valence-corrected chi connectivity index (χ0v) is 56.2. The predicted molar refractivity (Wildman–Crippen MR) is 336 cm³/mol. The third-order valence-electron chi connectivity index (χ3n) is 17.8. The van der Waals surface area contributed by atoms with E-state index < -0.39 is 247 Å². The number of aliphatic hydroxyl groups is 18. The Hall–Kier alpha value is -5.28. The lowest BCUT2D eigenvalue weighted by Gasteiger charge is -2.48. The van der Waals surface area contributed by atoms with Crippen LogP contribution >= 0.6 is 0 Å². The number of aliphatic hydroxyl groups excluding tert-OH is 18. The maximum absolute atomic E-state index is 12.9. The van der Waals surface area contributed by atoms with E-state index in [0.717, 1.165) is 30.5 Å². The number of amides is 4. The van der Waals surface area contributed by atoms with E-state index in [1.807, 2.05) is 13.0 Å². The minimum absolute atomic E-state index is 0.0579. The topological polar surface area (TPSA) is 610 Å². The Morgan fingerprint density at radius 3 is 1.11 bits per heavy atom. The van der Waals surface area contributed by atoms with E-state index >= 15 is 0 Å². The molecule has 0 bridgehead atoms. The molecule has 6 saturated heterocycles. The zero-order valence-electron chi connectivity index (χ0n) is 56.2. The molecule has 2 aromatic rings. The van der Waals surface area contributed by atoms with Gasteiger partial charge in [-0.25, -0.2) is 0 Å². The van der Waals surface area contributed by atoms with Crippen LogP contribution in [0, 0.1) is 6.92 Å². The lowest BCUT2D eigenvalue weighted by atomic mass is 9.95. The molecule has 103 heavy (non-hydrogen) atoms. The van der Waals surface area contributed by atoms with Crippen molar-refractivity contribution in [2.24, 2.45) is 0 Å². The second-order valence-electron chi connectivity index (χ2n) is 25.4. The van der Waals surface area contributed by atoms with Crippen molar-refractivity contribution >= 4 is 23.6 Å².